The molecule has 0 saturated carbocycles. The molecule has 1 saturated heterocycles. The predicted molar refractivity (Wildman–Crippen MR) is 82.6 cm³/mol. The molecule has 0 radical (unpaired) electrons. The van der Waals surface area contributed by atoms with Crippen LogP contribution >= 0.6 is 0 Å². The minimum Gasteiger partial charge on any atom is -0.507 e. The molecule has 1 fully saturated rings. The topological polar surface area (TPSA) is 53.7 Å². The minimum absolute atomic E-state index is 0.204. The van der Waals surface area contributed by atoms with E-state index in [1.54, 1.807) is 6.07 Å². The van der Waals surface area contributed by atoms with Crippen molar-refractivity contribution in [3.8, 4) is 5.75 Å². The van der Waals surface area contributed by atoms with Gasteiger partial charge in [-0.1, -0.05) is 6.92 Å². The van der Waals surface area contributed by atoms with Crippen molar-refractivity contribution in [1.29, 1.82) is 0 Å². The van der Waals surface area contributed by atoms with Crippen molar-refractivity contribution in [3.63, 3.8) is 0 Å². The van der Waals surface area contributed by atoms with Crippen LogP contribution in [0.5, 0.6) is 5.75 Å². The summed E-state index contributed by atoms with van der Waals surface area (Å²) in [4.78, 5) is 14.0. The number of likely N-dealkylation sites (tertiary alicyclic amines) is 1. The van der Waals surface area contributed by atoms with Crippen LogP contribution in [0.4, 0.5) is 0 Å². The summed E-state index contributed by atoms with van der Waals surface area (Å²) < 4.78 is 5.37. The number of nitrogens with zero attached hydrogens (tertiary/aromatic N) is 1. The van der Waals surface area contributed by atoms with Gasteiger partial charge in [-0.05, 0) is 56.5 Å². The second-order valence-electron chi connectivity index (χ2n) is 6.15. The first kappa shape index (κ1) is 14.1. The first-order chi connectivity index (χ1) is 10.0. The van der Waals surface area contributed by atoms with Gasteiger partial charge >= 0.3 is 5.63 Å². The summed E-state index contributed by atoms with van der Waals surface area (Å²) >= 11 is 0. The summed E-state index contributed by atoms with van der Waals surface area (Å²) in [7, 11) is 0. The van der Waals surface area contributed by atoms with Gasteiger partial charge in [-0.2, -0.15) is 0 Å². The van der Waals surface area contributed by atoms with Gasteiger partial charge in [0.2, 0.25) is 0 Å². The monoisotopic (exact) mass is 287 g/mol. The third kappa shape index (κ3) is 2.81. The standard InChI is InChI=1S/C17H21NO3/c1-11-5-7-18(8-6-11)10-14-15(19)4-3-13-12(2)9-16(20)21-17(13)14/h3-4,9,11,19H,5-8,10H2,1-2H3. The Balaban J connectivity index is 2.01. The summed E-state index contributed by atoms with van der Waals surface area (Å²) in [5.74, 6) is 0.970. The van der Waals surface area contributed by atoms with Gasteiger partial charge in [0.15, 0.2) is 0 Å². The lowest BCUT2D eigenvalue weighted by atomic mass is 9.98. The fourth-order valence-electron chi connectivity index (χ4n) is 3.03. The van der Waals surface area contributed by atoms with Gasteiger partial charge in [0, 0.05) is 18.0 Å². The van der Waals surface area contributed by atoms with E-state index in [0.717, 1.165) is 35.5 Å². The maximum atomic E-state index is 11.6. The molecule has 0 aliphatic carbocycles. The van der Waals surface area contributed by atoms with E-state index in [1.807, 2.05) is 13.0 Å². The van der Waals surface area contributed by atoms with Gasteiger partial charge in [0.05, 0.1) is 5.56 Å². The highest BCUT2D eigenvalue weighted by molar-refractivity contribution is 5.84. The molecule has 1 aromatic carbocycles. The smallest absolute Gasteiger partial charge is 0.336 e. The van der Waals surface area contributed by atoms with Crippen molar-refractivity contribution in [2.75, 3.05) is 13.1 Å². The molecule has 1 aliphatic rings. The van der Waals surface area contributed by atoms with Crippen LogP contribution in [0, 0.1) is 12.8 Å². The molecule has 4 nitrogen and oxygen atoms in total. The summed E-state index contributed by atoms with van der Waals surface area (Å²) in [6.45, 7) is 6.83. The van der Waals surface area contributed by atoms with E-state index in [1.165, 1.54) is 18.9 Å². The molecule has 2 heterocycles. The first-order valence-electron chi connectivity index (χ1n) is 7.52. The van der Waals surface area contributed by atoms with Crippen LogP contribution < -0.4 is 5.63 Å². The molecule has 0 unspecified atom stereocenters. The summed E-state index contributed by atoms with van der Waals surface area (Å²) in [6.07, 6.45) is 2.35. The number of phenols is 1. The molecular formula is C17H21NO3. The number of fused-ring (bicyclic) bond motifs is 1. The summed E-state index contributed by atoms with van der Waals surface area (Å²) in [5.41, 5.74) is 1.77. The van der Waals surface area contributed by atoms with Crippen LogP contribution in [0.2, 0.25) is 0 Å². The zero-order valence-electron chi connectivity index (χ0n) is 12.6. The Bertz CT molecular complexity index is 712. The SMILES string of the molecule is Cc1cc(=O)oc2c(CN3CCC(C)CC3)c(O)ccc12. The maximum Gasteiger partial charge on any atom is 0.336 e. The number of benzene rings is 1. The Kier molecular flexibility index (Phi) is 3.72. The molecule has 2 aromatic rings. The van der Waals surface area contributed by atoms with Crippen molar-refractivity contribution in [3.05, 3.63) is 39.7 Å². The number of piperidine rings is 1. The lowest BCUT2D eigenvalue weighted by molar-refractivity contribution is 0.183. The van der Waals surface area contributed by atoms with Crippen LogP contribution in [-0.2, 0) is 6.54 Å². The zero-order chi connectivity index (χ0) is 15.0. The van der Waals surface area contributed by atoms with Crippen LogP contribution in [0.25, 0.3) is 11.0 Å². The fourth-order valence-corrected chi connectivity index (χ4v) is 3.03. The molecule has 1 aromatic heterocycles. The molecule has 21 heavy (non-hydrogen) atoms. The fraction of sp³-hybridized carbons (Fsp3) is 0.471. The van der Waals surface area contributed by atoms with Crippen LogP contribution in [0.15, 0.2) is 27.4 Å². The highest BCUT2D eigenvalue weighted by Gasteiger charge is 2.19. The third-order valence-corrected chi connectivity index (χ3v) is 4.46. The van der Waals surface area contributed by atoms with E-state index in [0.29, 0.717) is 12.1 Å². The Morgan fingerprint density at radius 2 is 2.05 bits per heavy atom. The van der Waals surface area contributed by atoms with Crippen LogP contribution in [-0.4, -0.2) is 23.1 Å². The first-order valence-corrected chi connectivity index (χ1v) is 7.52. The number of hydrogen-bond acceptors (Lipinski definition) is 4. The van der Waals surface area contributed by atoms with E-state index in [2.05, 4.69) is 11.8 Å². The molecule has 0 spiro atoms. The highest BCUT2D eigenvalue weighted by Crippen LogP contribution is 2.30. The van der Waals surface area contributed by atoms with Gasteiger partial charge in [0.25, 0.3) is 0 Å². The molecule has 0 atom stereocenters. The Hall–Kier alpha value is -1.81. The highest BCUT2D eigenvalue weighted by atomic mass is 16.4. The minimum atomic E-state index is -0.362. The lowest BCUT2D eigenvalue weighted by Gasteiger charge is -2.30. The normalized spacial score (nSPS) is 17.4. The number of rotatable bonds is 2. The quantitative estimate of drug-likeness (QED) is 0.863. The number of aromatic hydroxyl groups is 1. The van der Waals surface area contributed by atoms with Crippen LogP contribution in [0.3, 0.4) is 0 Å². The molecule has 112 valence electrons. The van der Waals surface area contributed by atoms with Gasteiger partial charge in [-0.15, -0.1) is 0 Å². The molecule has 0 bridgehead atoms. The third-order valence-electron chi connectivity index (χ3n) is 4.46. The van der Waals surface area contributed by atoms with E-state index in [4.69, 9.17) is 4.42 Å². The van der Waals surface area contributed by atoms with Gasteiger partial charge in [0.1, 0.15) is 11.3 Å². The number of phenolic OH excluding ortho intramolecular Hbond substituents is 1. The largest absolute Gasteiger partial charge is 0.507 e. The summed E-state index contributed by atoms with van der Waals surface area (Å²) in [5, 5.41) is 11.1. The molecule has 1 N–H and O–H groups in total. The summed E-state index contributed by atoms with van der Waals surface area (Å²) in [6, 6.07) is 4.99. The van der Waals surface area contributed by atoms with Gasteiger partial charge in [-0.3, -0.25) is 4.90 Å². The average molecular weight is 287 g/mol. The van der Waals surface area contributed by atoms with E-state index >= 15 is 0 Å². The van der Waals surface area contributed by atoms with Gasteiger partial charge < -0.3 is 9.52 Å². The van der Waals surface area contributed by atoms with Crippen molar-refractivity contribution >= 4 is 11.0 Å². The second-order valence-corrected chi connectivity index (χ2v) is 6.15. The molecular weight excluding hydrogens is 266 g/mol. The molecule has 4 heteroatoms. The Morgan fingerprint density at radius 3 is 2.76 bits per heavy atom. The Labute approximate surface area is 124 Å². The van der Waals surface area contributed by atoms with Crippen molar-refractivity contribution < 1.29 is 9.52 Å². The second kappa shape index (κ2) is 5.53. The van der Waals surface area contributed by atoms with E-state index in [-0.39, 0.29) is 11.4 Å². The van der Waals surface area contributed by atoms with E-state index in [9.17, 15) is 9.90 Å². The number of hydrogen-bond donors (Lipinski definition) is 1. The number of aryl methyl sites for hydroxylation is 1. The molecule has 1 aliphatic heterocycles. The predicted octanol–water partition coefficient (Wildman–Crippen LogP) is 3.04. The maximum absolute atomic E-state index is 11.6. The van der Waals surface area contributed by atoms with Crippen molar-refractivity contribution in [2.45, 2.75) is 33.2 Å². The van der Waals surface area contributed by atoms with Crippen molar-refractivity contribution in [1.82, 2.24) is 4.90 Å². The van der Waals surface area contributed by atoms with Crippen LogP contribution in [0.1, 0.15) is 30.9 Å². The Morgan fingerprint density at radius 1 is 1.33 bits per heavy atom. The molecule has 0 amide bonds. The lowest BCUT2D eigenvalue weighted by Crippen LogP contribution is -2.32. The van der Waals surface area contributed by atoms with Crippen molar-refractivity contribution in [2.24, 2.45) is 5.92 Å². The average Bonchev–Trinajstić information content (AvgIpc) is 2.44. The van der Waals surface area contributed by atoms with Gasteiger partial charge in [-0.25, -0.2) is 4.79 Å². The van der Waals surface area contributed by atoms with E-state index < -0.39 is 0 Å². The molecule has 3 rings (SSSR count). The zero-order valence-corrected chi connectivity index (χ0v) is 12.6.